The summed E-state index contributed by atoms with van der Waals surface area (Å²) >= 11 is 0. The first-order chi connectivity index (χ1) is 24.8. The Balaban J connectivity index is 1.61. The molecule has 5 aromatic rings. The SMILES string of the molecule is Nc1cccc(-c2cc(CN(CC(=O)O)CC(=O)O)nc(-c3cccc(-c4cc(-c5cccc(N)c5)cc(CN(CC(=O)O)CC(=O)O)n4)n3)c2)c1. The number of hydrogen-bond donors (Lipinski definition) is 6. The highest BCUT2D eigenvalue weighted by molar-refractivity contribution is 5.76. The Hall–Kier alpha value is -6.71. The highest BCUT2D eigenvalue weighted by Crippen LogP contribution is 2.30. The average Bonchev–Trinajstić information content (AvgIpc) is 3.07. The second kappa shape index (κ2) is 16.3. The van der Waals surface area contributed by atoms with Crippen LogP contribution in [0.2, 0.25) is 0 Å². The molecular formula is C37H35N7O8. The van der Waals surface area contributed by atoms with Crippen LogP contribution in [-0.4, -0.2) is 95.2 Å². The second-order valence-corrected chi connectivity index (χ2v) is 12.0. The van der Waals surface area contributed by atoms with Crippen molar-refractivity contribution in [2.45, 2.75) is 13.1 Å². The number of anilines is 2. The van der Waals surface area contributed by atoms with Crippen LogP contribution in [0.5, 0.6) is 0 Å². The van der Waals surface area contributed by atoms with Crippen molar-refractivity contribution in [1.82, 2.24) is 24.8 Å². The fraction of sp³-hybridized carbons (Fsp3) is 0.162. The Kier molecular flexibility index (Phi) is 11.5. The zero-order valence-electron chi connectivity index (χ0n) is 27.7. The normalized spacial score (nSPS) is 11.1. The molecule has 52 heavy (non-hydrogen) atoms. The molecule has 15 heteroatoms. The predicted molar refractivity (Wildman–Crippen MR) is 191 cm³/mol. The van der Waals surface area contributed by atoms with Crippen molar-refractivity contribution in [2.75, 3.05) is 37.6 Å². The number of carbonyl (C=O) groups is 4. The van der Waals surface area contributed by atoms with Gasteiger partial charge in [0, 0.05) is 24.5 Å². The quantitative estimate of drug-likeness (QED) is 0.0802. The van der Waals surface area contributed by atoms with Crippen LogP contribution in [-0.2, 0) is 32.3 Å². The molecule has 0 aliphatic carbocycles. The van der Waals surface area contributed by atoms with Crippen LogP contribution >= 0.6 is 0 Å². The van der Waals surface area contributed by atoms with Crippen LogP contribution in [0.25, 0.3) is 45.0 Å². The molecule has 3 heterocycles. The summed E-state index contributed by atoms with van der Waals surface area (Å²) in [5.74, 6) is -4.76. The third-order valence-electron chi connectivity index (χ3n) is 7.68. The van der Waals surface area contributed by atoms with Crippen molar-refractivity contribution in [3.63, 3.8) is 0 Å². The minimum atomic E-state index is -1.19. The molecule has 3 aromatic heterocycles. The molecule has 5 rings (SSSR count). The zero-order valence-corrected chi connectivity index (χ0v) is 27.7. The molecule has 0 amide bonds. The molecule has 0 fully saturated rings. The topological polar surface area (TPSA) is 246 Å². The number of carboxylic acid groups (broad SMARTS) is 4. The van der Waals surface area contributed by atoms with Gasteiger partial charge in [-0.05, 0) is 82.9 Å². The molecule has 0 bridgehead atoms. The molecule has 2 aromatic carbocycles. The Labute approximate surface area is 297 Å². The van der Waals surface area contributed by atoms with E-state index < -0.39 is 50.1 Å². The molecular weight excluding hydrogens is 670 g/mol. The van der Waals surface area contributed by atoms with Crippen LogP contribution in [0.1, 0.15) is 11.4 Å². The maximum Gasteiger partial charge on any atom is 0.317 e. The van der Waals surface area contributed by atoms with Gasteiger partial charge < -0.3 is 31.9 Å². The van der Waals surface area contributed by atoms with Crippen molar-refractivity contribution in [3.05, 3.63) is 102 Å². The highest BCUT2D eigenvalue weighted by atomic mass is 16.4. The summed E-state index contributed by atoms with van der Waals surface area (Å²) in [7, 11) is 0. The number of pyridine rings is 3. The smallest absolute Gasteiger partial charge is 0.317 e. The Morgan fingerprint density at radius 2 is 0.827 bits per heavy atom. The maximum absolute atomic E-state index is 11.5. The molecule has 0 atom stereocenters. The molecule has 0 unspecified atom stereocenters. The van der Waals surface area contributed by atoms with Crippen LogP contribution in [0.15, 0.2) is 91.0 Å². The lowest BCUT2D eigenvalue weighted by molar-refractivity contribution is -0.144. The third kappa shape index (κ3) is 10.2. The lowest BCUT2D eigenvalue weighted by atomic mass is 10.0. The number of nitrogen functional groups attached to an aromatic ring is 2. The standard InChI is InChI=1S/C37H35N7O8/c38-26-6-1-4-22(10-26)24-12-28(16-43(18-34(45)46)19-35(47)48)40-32(14-24)30-8-3-9-31(42-30)33-15-25(23-5-2-7-27(39)11-23)13-29(41-33)17-44(20-36(49)50)21-37(51)52/h1-15H,16-21,38-39H2,(H,45,46)(H,47,48)(H,49,50)(H,51,52). The molecule has 0 radical (unpaired) electrons. The molecule has 266 valence electrons. The maximum atomic E-state index is 11.5. The number of rotatable bonds is 16. The van der Waals surface area contributed by atoms with Gasteiger partial charge in [0.1, 0.15) is 0 Å². The first kappa shape index (κ1) is 36.6. The first-order valence-corrected chi connectivity index (χ1v) is 15.8. The number of benzene rings is 2. The van der Waals surface area contributed by atoms with Gasteiger partial charge in [0.25, 0.3) is 0 Å². The number of carboxylic acids is 4. The first-order valence-electron chi connectivity index (χ1n) is 15.8. The largest absolute Gasteiger partial charge is 0.480 e. The Bertz CT molecular complexity index is 1960. The number of hydrogen-bond acceptors (Lipinski definition) is 11. The molecule has 0 aliphatic heterocycles. The van der Waals surface area contributed by atoms with E-state index in [1.807, 2.05) is 12.1 Å². The van der Waals surface area contributed by atoms with Crippen molar-refractivity contribution < 1.29 is 39.6 Å². The van der Waals surface area contributed by atoms with E-state index in [-0.39, 0.29) is 13.1 Å². The van der Waals surface area contributed by atoms with Gasteiger partial charge >= 0.3 is 23.9 Å². The zero-order chi connectivity index (χ0) is 37.4. The molecule has 8 N–H and O–H groups in total. The van der Waals surface area contributed by atoms with Crippen molar-refractivity contribution in [3.8, 4) is 45.0 Å². The van der Waals surface area contributed by atoms with E-state index in [0.29, 0.717) is 56.7 Å². The number of nitrogens with zero attached hydrogens (tertiary/aromatic N) is 5. The molecule has 0 saturated carbocycles. The lowest BCUT2D eigenvalue weighted by Crippen LogP contribution is -2.34. The van der Waals surface area contributed by atoms with Gasteiger partial charge in [-0.15, -0.1) is 0 Å². The van der Waals surface area contributed by atoms with E-state index in [1.165, 1.54) is 9.80 Å². The number of aromatic nitrogens is 3. The Morgan fingerprint density at radius 1 is 0.462 bits per heavy atom. The third-order valence-corrected chi connectivity index (χ3v) is 7.68. The molecule has 15 nitrogen and oxygen atoms in total. The summed E-state index contributed by atoms with van der Waals surface area (Å²) in [4.78, 5) is 63.0. The average molecular weight is 706 g/mol. The van der Waals surface area contributed by atoms with Crippen molar-refractivity contribution >= 4 is 35.3 Å². The summed E-state index contributed by atoms with van der Waals surface area (Å²) in [5.41, 5.74) is 18.5. The molecule has 0 saturated heterocycles. The van der Waals surface area contributed by atoms with Crippen LogP contribution < -0.4 is 11.5 Å². The van der Waals surface area contributed by atoms with Crippen LogP contribution in [0.3, 0.4) is 0 Å². The summed E-state index contributed by atoms with van der Waals surface area (Å²) in [6.07, 6.45) is 0. The van der Waals surface area contributed by atoms with E-state index in [9.17, 15) is 39.6 Å². The summed E-state index contributed by atoms with van der Waals surface area (Å²) in [6.45, 7) is -2.25. The number of aliphatic carboxylic acids is 4. The monoisotopic (exact) mass is 705 g/mol. The van der Waals surface area contributed by atoms with Gasteiger partial charge in [-0.25, -0.2) is 15.0 Å². The van der Waals surface area contributed by atoms with Gasteiger partial charge in [-0.3, -0.25) is 29.0 Å². The van der Waals surface area contributed by atoms with E-state index in [0.717, 1.165) is 11.1 Å². The summed E-state index contributed by atoms with van der Waals surface area (Å²) in [6, 6.07) is 26.6. The second-order valence-electron chi connectivity index (χ2n) is 12.0. The van der Waals surface area contributed by atoms with Gasteiger partial charge in [0.2, 0.25) is 0 Å². The van der Waals surface area contributed by atoms with Crippen molar-refractivity contribution in [2.24, 2.45) is 0 Å². The van der Waals surface area contributed by atoms with Gasteiger partial charge in [-0.2, -0.15) is 0 Å². The predicted octanol–water partition coefficient (Wildman–Crippen LogP) is 3.65. The van der Waals surface area contributed by atoms with E-state index in [4.69, 9.17) is 26.4 Å². The van der Waals surface area contributed by atoms with Gasteiger partial charge in [0.05, 0.1) is 60.3 Å². The Morgan fingerprint density at radius 3 is 1.17 bits per heavy atom. The fourth-order valence-electron chi connectivity index (χ4n) is 5.65. The molecule has 0 spiro atoms. The van der Waals surface area contributed by atoms with E-state index in [2.05, 4.69) is 0 Å². The minimum Gasteiger partial charge on any atom is -0.480 e. The van der Waals surface area contributed by atoms with E-state index in [1.54, 1.807) is 78.9 Å². The van der Waals surface area contributed by atoms with Gasteiger partial charge in [0.15, 0.2) is 0 Å². The molecule has 0 aliphatic rings. The fourth-order valence-corrected chi connectivity index (χ4v) is 5.65. The summed E-state index contributed by atoms with van der Waals surface area (Å²) < 4.78 is 0. The summed E-state index contributed by atoms with van der Waals surface area (Å²) in [5, 5.41) is 37.7. The van der Waals surface area contributed by atoms with Crippen LogP contribution in [0, 0.1) is 0 Å². The highest BCUT2D eigenvalue weighted by Gasteiger charge is 2.19. The van der Waals surface area contributed by atoms with Crippen molar-refractivity contribution in [1.29, 1.82) is 0 Å². The number of nitrogens with two attached hydrogens (primary N) is 2. The lowest BCUT2D eigenvalue weighted by Gasteiger charge is -2.19. The van der Waals surface area contributed by atoms with Crippen LogP contribution in [0.4, 0.5) is 11.4 Å². The van der Waals surface area contributed by atoms with E-state index >= 15 is 0 Å². The van der Waals surface area contributed by atoms with Gasteiger partial charge in [-0.1, -0.05) is 30.3 Å². The minimum absolute atomic E-state index is 0.0855.